The summed E-state index contributed by atoms with van der Waals surface area (Å²) < 4.78 is 9.85. The molecule has 7 aromatic carbocycles. The van der Waals surface area contributed by atoms with E-state index < -0.39 is 5.54 Å². The van der Waals surface area contributed by atoms with Crippen LogP contribution < -0.4 is 14.7 Å². The summed E-state index contributed by atoms with van der Waals surface area (Å²) in [4.78, 5) is 15.9. The summed E-state index contributed by atoms with van der Waals surface area (Å²) in [6.45, 7) is 23.8. The van der Waals surface area contributed by atoms with Crippen molar-refractivity contribution < 1.29 is 9.13 Å². The van der Waals surface area contributed by atoms with E-state index in [-0.39, 0.29) is 22.8 Å². The second kappa shape index (κ2) is 18.7. The first-order chi connectivity index (χ1) is 37.8. The largest absolute Gasteiger partial charge is 0.346 e. The summed E-state index contributed by atoms with van der Waals surface area (Å²) in [7, 11) is 0. The smallest absolute Gasteiger partial charge is 0.241 e. The Morgan fingerprint density at radius 3 is 2.01 bits per heavy atom. The van der Waals surface area contributed by atoms with E-state index in [1.165, 1.54) is 105 Å². The lowest BCUT2D eigenvalue weighted by Crippen LogP contribution is -2.70. The molecule has 0 aliphatic carbocycles. The van der Waals surface area contributed by atoms with E-state index in [9.17, 15) is 0 Å². The highest BCUT2D eigenvalue weighted by Gasteiger charge is 2.55. The van der Waals surface area contributed by atoms with Gasteiger partial charge in [0.05, 0.1) is 17.3 Å². The molecule has 4 aromatic heterocycles. The minimum atomic E-state index is -0.556. The SMILES string of the molecule is CCC=C(C=C(C)CCC)c1cc(-c2ccccc2)cc(-c2cccc(-c3cn4c5ccccc5c(=O)[n+]5c4c4c(cccc34)C(C3C[n+]4c6cc(C)c(C)cc6n6cc(C(C)(C)C)c7cccc3c7c64)C5(CC)CC)c2)c1. The molecule has 2 unspecified atom stereocenters. The summed E-state index contributed by atoms with van der Waals surface area (Å²) in [5, 5.41) is 5.75. The fourth-order valence-electron chi connectivity index (χ4n) is 14.5. The number of hydrogen-bond acceptors (Lipinski definition) is 1. The third-order valence-corrected chi connectivity index (χ3v) is 18.3. The minimum absolute atomic E-state index is 0.0415. The summed E-state index contributed by atoms with van der Waals surface area (Å²) >= 11 is 0. The van der Waals surface area contributed by atoms with Crippen LogP contribution in [0.15, 0.2) is 181 Å². The fraction of sp³-hybridized carbons (Fsp3) is 0.274. The highest BCUT2D eigenvalue weighted by atomic mass is 16.1. The summed E-state index contributed by atoms with van der Waals surface area (Å²) in [6.07, 6.45) is 14.3. The van der Waals surface area contributed by atoms with Gasteiger partial charge in [0.15, 0.2) is 11.0 Å². The normalized spacial score (nSPS) is 16.3. The number of para-hydroxylation sites is 1. The number of imidazole rings is 1. The maximum atomic E-state index is 15.9. The molecular weight excluding hydrogens is 949 g/mol. The van der Waals surface area contributed by atoms with Crippen LogP contribution in [-0.2, 0) is 17.5 Å². The molecule has 0 fully saturated rings. The number of hydrogen-bond donors (Lipinski definition) is 0. The van der Waals surface area contributed by atoms with Crippen molar-refractivity contribution in [3.63, 3.8) is 0 Å². The summed E-state index contributed by atoms with van der Waals surface area (Å²) in [5.74, 6) is -0.00612. The van der Waals surface area contributed by atoms with Crippen LogP contribution in [-0.4, -0.2) is 8.80 Å². The monoisotopic (exact) mass is 1020 g/mol. The molecule has 2 aliphatic rings. The van der Waals surface area contributed by atoms with E-state index in [0.29, 0.717) is 0 Å². The predicted molar refractivity (Wildman–Crippen MR) is 327 cm³/mol. The van der Waals surface area contributed by atoms with Crippen LogP contribution in [0.3, 0.4) is 0 Å². The quantitative estimate of drug-likeness (QED) is 0.0722. The molecule has 0 N–H and O–H groups in total. The number of benzene rings is 7. The van der Waals surface area contributed by atoms with Crippen LogP contribution >= 0.6 is 0 Å². The third kappa shape index (κ3) is 7.44. The lowest BCUT2D eigenvalue weighted by Gasteiger charge is -2.45. The number of aryl methyl sites for hydroxylation is 2. The Labute approximate surface area is 459 Å². The molecule has 6 heterocycles. The topological polar surface area (TPSA) is 33.6 Å². The molecule has 5 heteroatoms. The van der Waals surface area contributed by atoms with Crippen LogP contribution in [0.5, 0.6) is 0 Å². The maximum absolute atomic E-state index is 15.9. The zero-order valence-corrected chi connectivity index (χ0v) is 47.3. The molecule has 11 aromatic rings. The summed E-state index contributed by atoms with van der Waals surface area (Å²) in [5.41, 5.74) is 22.7. The van der Waals surface area contributed by atoms with Gasteiger partial charge >= 0.3 is 5.56 Å². The molecule has 2 aliphatic heterocycles. The number of allylic oxidation sites excluding steroid dienone is 4. The Kier molecular flexibility index (Phi) is 11.9. The van der Waals surface area contributed by atoms with E-state index in [1.807, 2.05) is 6.07 Å². The van der Waals surface area contributed by atoms with Crippen molar-refractivity contribution in [2.75, 3.05) is 0 Å². The molecule has 0 saturated heterocycles. The third-order valence-electron chi connectivity index (χ3n) is 18.3. The Hall–Kier alpha value is -7.89. The Morgan fingerprint density at radius 1 is 0.641 bits per heavy atom. The van der Waals surface area contributed by atoms with E-state index in [4.69, 9.17) is 0 Å². The van der Waals surface area contributed by atoms with E-state index in [0.717, 1.165) is 66.3 Å². The highest BCUT2D eigenvalue weighted by Crippen LogP contribution is 2.55. The van der Waals surface area contributed by atoms with Gasteiger partial charge < -0.3 is 0 Å². The molecule has 0 saturated carbocycles. The standard InChI is InChI=1S/C73H72N4O/c1-11-23-45(5)35-49(24-12-2)53-39-52(48-25-16-15-17-26-48)40-54(41-53)50-27-20-28-51(38-50)60-42-74-63-34-19-18-29-58(63)71(78)77-70(74)67-55(60)30-22-33-59(67)68(73(77,13-3)14-4)61-43-75-64-36-46(6)47(7)37-65(64)76-44-62(72(8,9)10)57-32-21-31-56(61)66(57)69(75)76/h15-22,24-42,44,61,68H,11-14,23,43H2,1-10H3/q+2. The van der Waals surface area contributed by atoms with Gasteiger partial charge in [-0.2, -0.15) is 13.4 Å². The van der Waals surface area contributed by atoms with Crippen LogP contribution in [0.2, 0.25) is 0 Å². The molecular formula is C73H72N4O+2. The molecule has 388 valence electrons. The van der Waals surface area contributed by atoms with E-state index in [1.54, 1.807) is 0 Å². The van der Waals surface area contributed by atoms with Crippen molar-refractivity contribution in [1.29, 1.82) is 0 Å². The van der Waals surface area contributed by atoms with Crippen molar-refractivity contribution in [2.24, 2.45) is 0 Å². The minimum Gasteiger partial charge on any atom is -0.241 e. The Balaban J connectivity index is 1.09. The van der Waals surface area contributed by atoms with Crippen molar-refractivity contribution in [3.05, 3.63) is 219 Å². The van der Waals surface area contributed by atoms with Gasteiger partial charge in [-0.1, -0.05) is 170 Å². The fourth-order valence-corrected chi connectivity index (χ4v) is 14.5. The Bertz CT molecular complexity index is 4420. The van der Waals surface area contributed by atoms with Gasteiger partial charge in [-0.05, 0) is 167 Å². The van der Waals surface area contributed by atoms with E-state index >= 15 is 4.79 Å². The zero-order valence-electron chi connectivity index (χ0n) is 47.3. The predicted octanol–water partition coefficient (Wildman–Crippen LogP) is 17.6. The highest BCUT2D eigenvalue weighted by molar-refractivity contribution is 6.07. The summed E-state index contributed by atoms with van der Waals surface area (Å²) in [6, 6.07) is 54.5. The first kappa shape index (κ1) is 49.7. The number of rotatable bonds is 11. The van der Waals surface area contributed by atoms with Gasteiger partial charge in [0.25, 0.3) is 11.3 Å². The number of fused-ring (bicyclic) bond motifs is 5. The van der Waals surface area contributed by atoms with Gasteiger partial charge in [-0.15, -0.1) is 0 Å². The number of nitrogens with zero attached hydrogens (tertiary/aromatic N) is 4. The number of aromatic nitrogens is 4. The molecule has 0 spiro atoms. The lowest BCUT2D eigenvalue weighted by molar-refractivity contribution is -0.764. The van der Waals surface area contributed by atoms with Crippen molar-refractivity contribution >= 4 is 60.3 Å². The van der Waals surface area contributed by atoms with Crippen LogP contribution in [0.1, 0.15) is 133 Å². The molecule has 13 rings (SSSR count). The maximum Gasteiger partial charge on any atom is 0.346 e. The molecule has 0 radical (unpaired) electrons. The number of pyridine rings is 2. The van der Waals surface area contributed by atoms with Gasteiger partial charge in [-0.3, -0.25) is 0 Å². The zero-order chi connectivity index (χ0) is 53.9. The Morgan fingerprint density at radius 2 is 1.27 bits per heavy atom. The van der Waals surface area contributed by atoms with E-state index in [2.05, 4.69) is 251 Å². The second-order valence-electron chi connectivity index (χ2n) is 23.9. The first-order valence-corrected chi connectivity index (χ1v) is 28.8. The van der Waals surface area contributed by atoms with Crippen LogP contribution in [0.4, 0.5) is 0 Å². The van der Waals surface area contributed by atoms with Crippen molar-refractivity contribution in [2.45, 2.75) is 131 Å². The molecule has 0 bridgehead atoms. The van der Waals surface area contributed by atoms with Crippen LogP contribution in [0, 0.1) is 13.8 Å². The average Bonchev–Trinajstić information content (AvgIpc) is 3.66. The second-order valence-corrected chi connectivity index (χ2v) is 23.9. The first-order valence-electron chi connectivity index (χ1n) is 28.8. The average molecular weight is 1020 g/mol. The lowest BCUT2D eigenvalue weighted by atomic mass is 9.63. The van der Waals surface area contributed by atoms with Gasteiger partial charge in [-0.25, -0.2) is 9.36 Å². The molecule has 2 atom stereocenters. The van der Waals surface area contributed by atoms with Crippen molar-refractivity contribution in [3.8, 4) is 33.4 Å². The van der Waals surface area contributed by atoms with Gasteiger partial charge in [0.1, 0.15) is 28.8 Å². The molecule has 5 nitrogen and oxygen atoms in total. The van der Waals surface area contributed by atoms with Crippen LogP contribution in [0.25, 0.3) is 93.7 Å². The van der Waals surface area contributed by atoms with Gasteiger partial charge in [0.2, 0.25) is 0 Å². The van der Waals surface area contributed by atoms with Gasteiger partial charge in [0, 0.05) is 28.3 Å². The molecule has 0 amide bonds. The van der Waals surface area contributed by atoms with Crippen molar-refractivity contribution in [1.82, 2.24) is 8.80 Å². The molecule has 78 heavy (non-hydrogen) atoms.